The number of ether oxygens (including phenoxy) is 1. The summed E-state index contributed by atoms with van der Waals surface area (Å²) < 4.78 is 7.45. The lowest BCUT2D eigenvalue weighted by atomic mass is 9.83. The lowest BCUT2D eigenvalue weighted by molar-refractivity contribution is -0.122. The van der Waals surface area contributed by atoms with E-state index in [1.54, 1.807) is 55.6 Å². The molecule has 1 fully saturated rings. The van der Waals surface area contributed by atoms with E-state index in [1.807, 2.05) is 24.3 Å². The summed E-state index contributed by atoms with van der Waals surface area (Å²) in [5, 5.41) is 2.63. The van der Waals surface area contributed by atoms with Gasteiger partial charge in [0.2, 0.25) is 17.7 Å². The minimum absolute atomic E-state index is 0.229. The number of thioether (sulfide) groups is 1. The molecule has 1 N–H and O–H groups in total. The van der Waals surface area contributed by atoms with Gasteiger partial charge < -0.3 is 15.0 Å². The lowest BCUT2D eigenvalue weighted by Gasteiger charge is -2.31. The molecule has 2 aliphatic heterocycles. The summed E-state index contributed by atoms with van der Waals surface area (Å²) in [5.41, 5.74) is 2.96. The highest BCUT2D eigenvalue weighted by molar-refractivity contribution is 9.10. The van der Waals surface area contributed by atoms with E-state index in [-0.39, 0.29) is 29.1 Å². The molecule has 3 heterocycles. The van der Waals surface area contributed by atoms with Gasteiger partial charge in [-0.2, -0.15) is 0 Å². The fraction of sp³-hybridized carbons (Fsp3) is 0.273. The maximum Gasteiger partial charge on any atom is 0.308 e. The summed E-state index contributed by atoms with van der Waals surface area (Å²) in [6.45, 7) is 5.66. The van der Waals surface area contributed by atoms with Crippen LogP contribution >= 0.6 is 39.0 Å². The zero-order valence-corrected chi connectivity index (χ0v) is 28.1. The van der Waals surface area contributed by atoms with Gasteiger partial charge in [-0.25, -0.2) is 4.90 Å². The van der Waals surface area contributed by atoms with Crippen LogP contribution < -0.4 is 24.7 Å². The molecule has 2 aliphatic rings. The number of nitrogens with one attached hydrogen (secondary N) is 1. The van der Waals surface area contributed by atoms with Crippen molar-refractivity contribution in [1.29, 1.82) is 0 Å². The molecule has 4 aromatic rings. The first kappa shape index (κ1) is 31.1. The number of halogens is 1. The van der Waals surface area contributed by atoms with Crippen LogP contribution in [0, 0.1) is 5.92 Å². The van der Waals surface area contributed by atoms with Crippen LogP contribution in [0.25, 0.3) is 0 Å². The molecule has 232 valence electrons. The standard InChI is InChI=1S/C33H31BrN4O5S2/c1-4-36(5-2)22-12-6-19(7-13-22)26-27-28(31(41)38(30(27)40)23-14-8-20(34)9-15-23)44-32-29(26)45-33(42)37(32)18-25(39)35-21-10-16-24(43-3)17-11-21/h6-17,26-28H,4-5,18H2,1-3H3,(H,35,39)/t26-,27?,28?/m1/s1. The number of carbonyl (C=O) groups excluding carboxylic acids is 3. The van der Waals surface area contributed by atoms with Gasteiger partial charge >= 0.3 is 4.87 Å². The van der Waals surface area contributed by atoms with Crippen molar-refractivity contribution >= 4 is 73.8 Å². The lowest BCUT2D eigenvalue weighted by Crippen LogP contribution is -2.33. The number of imide groups is 1. The van der Waals surface area contributed by atoms with Crippen LogP contribution in [0.2, 0.25) is 0 Å². The van der Waals surface area contributed by atoms with E-state index >= 15 is 0 Å². The second-order valence-corrected chi connectivity index (χ2v) is 13.7. The minimum Gasteiger partial charge on any atom is -0.497 e. The monoisotopic (exact) mass is 706 g/mol. The van der Waals surface area contributed by atoms with Gasteiger partial charge in [0.25, 0.3) is 0 Å². The quantitative estimate of drug-likeness (QED) is 0.214. The fourth-order valence-electron chi connectivity index (χ4n) is 5.96. The molecule has 45 heavy (non-hydrogen) atoms. The molecule has 0 aliphatic carbocycles. The Bertz CT molecular complexity index is 1800. The summed E-state index contributed by atoms with van der Waals surface area (Å²) in [6.07, 6.45) is 0. The van der Waals surface area contributed by atoms with E-state index in [9.17, 15) is 19.2 Å². The van der Waals surface area contributed by atoms with Gasteiger partial charge in [0.1, 0.15) is 17.5 Å². The highest BCUT2D eigenvalue weighted by Gasteiger charge is 2.56. The Morgan fingerprint density at radius 1 is 0.933 bits per heavy atom. The summed E-state index contributed by atoms with van der Waals surface area (Å²) in [5.74, 6) is -1.59. The van der Waals surface area contributed by atoms with Gasteiger partial charge in [0.05, 0.1) is 23.7 Å². The molecule has 0 saturated carbocycles. The average Bonchev–Trinajstić information content (AvgIpc) is 3.49. The van der Waals surface area contributed by atoms with Gasteiger partial charge in [0.15, 0.2) is 0 Å². The predicted molar refractivity (Wildman–Crippen MR) is 182 cm³/mol. The Hall–Kier alpha value is -3.87. The number of carbonyl (C=O) groups is 3. The van der Waals surface area contributed by atoms with Gasteiger partial charge in [0, 0.05) is 39.7 Å². The van der Waals surface area contributed by atoms with Crippen molar-refractivity contribution in [2.24, 2.45) is 5.92 Å². The third-order valence-corrected chi connectivity index (χ3v) is 11.3. The number of thiazole rings is 1. The topological polar surface area (TPSA) is 101 Å². The number of anilines is 3. The Balaban J connectivity index is 1.39. The molecule has 2 unspecified atom stereocenters. The molecule has 3 aromatic carbocycles. The number of hydrogen-bond acceptors (Lipinski definition) is 8. The van der Waals surface area contributed by atoms with Crippen LogP contribution in [0.5, 0.6) is 5.75 Å². The van der Waals surface area contributed by atoms with E-state index in [0.717, 1.165) is 40.1 Å². The normalized spacial score (nSPS) is 18.8. The SMILES string of the molecule is CCN(CC)c1ccc([C@H]2c3sc(=O)n(CC(=O)Nc4ccc(OC)cc4)c3SC3C(=O)N(c4ccc(Br)cc4)C(=O)C32)cc1. The summed E-state index contributed by atoms with van der Waals surface area (Å²) in [7, 11) is 1.56. The number of aromatic nitrogens is 1. The van der Waals surface area contributed by atoms with Gasteiger partial charge in [-0.15, -0.1) is 0 Å². The van der Waals surface area contributed by atoms with E-state index in [0.29, 0.717) is 27.0 Å². The van der Waals surface area contributed by atoms with Crippen molar-refractivity contribution in [3.8, 4) is 5.75 Å². The Kier molecular flexibility index (Phi) is 8.89. The van der Waals surface area contributed by atoms with E-state index in [4.69, 9.17) is 4.74 Å². The van der Waals surface area contributed by atoms with E-state index in [1.165, 1.54) is 21.2 Å². The fourth-order valence-corrected chi connectivity index (χ4v) is 9.00. The number of hydrogen-bond donors (Lipinski definition) is 1. The molecule has 1 aromatic heterocycles. The molecule has 0 radical (unpaired) electrons. The number of fused-ring (bicyclic) bond motifs is 2. The second kappa shape index (κ2) is 12.9. The summed E-state index contributed by atoms with van der Waals surface area (Å²) in [6, 6.07) is 22.0. The van der Waals surface area contributed by atoms with Crippen molar-refractivity contribution in [2.75, 3.05) is 35.3 Å². The maximum absolute atomic E-state index is 14.1. The van der Waals surface area contributed by atoms with Crippen LogP contribution in [-0.2, 0) is 20.9 Å². The largest absolute Gasteiger partial charge is 0.497 e. The summed E-state index contributed by atoms with van der Waals surface area (Å²) in [4.78, 5) is 58.6. The molecular weight excluding hydrogens is 676 g/mol. The summed E-state index contributed by atoms with van der Waals surface area (Å²) >= 11 is 5.66. The minimum atomic E-state index is -0.758. The molecule has 9 nitrogen and oxygen atoms in total. The third kappa shape index (κ3) is 5.82. The van der Waals surface area contributed by atoms with Crippen LogP contribution in [0.15, 0.2) is 87.1 Å². The maximum atomic E-state index is 14.1. The highest BCUT2D eigenvalue weighted by Crippen LogP contribution is 2.54. The van der Waals surface area contributed by atoms with Crippen molar-refractivity contribution in [1.82, 2.24) is 4.57 Å². The van der Waals surface area contributed by atoms with Crippen LogP contribution in [0.3, 0.4) is 0 Å². The Labute approximate surface area is 277 Å². The van der Waals surface area contributed by atoms with E-state index in [2.05, 4.69) is 40.0 Å². The molecule has 3 atom stereocenters. The third-order valence-electron chi connectivity index (χ3n) is 8.19. The predicted octanol–water partition coefficient (Wildman–Crippen LogP) is 5.96. The molecule has 6 rings (SSSR count). The number of methoxy groups -OCH3 is 1. The molecule has 3 amide bonds. The van der Waals surface area contributed by atoms with Crippen molar-refractivity contribution in [3.63, 3.8) is 0 Å². The molecular formula is C33H31BrN4O5S2. The zero-order valence-electron chi connectivity index (χ0n) is 24.9. The van der Waals surface area contributed by atoms with Crippen molar-refractivity contribution in [2.45, 2.75) is 36.6 Å². The van der Waals surface area contributed by atoms with Crippen molar-refractivity contribution < 1.29 is 19.1 Å². The Morgan fingerprint density at radius 3 is 2.22 bits per heavy atom. The first-order chi connectivity index (χ1) is 21.7. The van der Waals surface area contributed by atoms with Crippen LogP contribution in [0.4, 0.5) is 17.1 Å². The average molecular weight is 708 g/mol. The molecule has 12 heteroatoms. The van der Waals surface area contributed by atoms with E-state index < -0.39 is 17.1 Å². The number of benzene rings is 3. The smallest absolute Gasteiger partial charge is 0.308 e. The van der Waals surface area contributed by atoms with Gasteiger partial charge in [-0.05, 0) is 80.1 Å². The van der Waals surface area contributed by atoms with Crippen molar-refractivity contribution in [3.05, 3.63) is 97.4 Å². The highest BCUT2D eigenvalue weighted by atomic mass is 79.9. The number of amides is 3. The Morgan fingerprint density at radius 2 is 1.60 bits per heavy atom. The van der Waals surface area contributed by atoms with Gasteiger partial charge in [-0.3, -0.25) is 23.7 Å². The second-order valence-electron chi connectivity index (χ2n) is 10.7. The van der Waals surface area contributed by atoms with Crippen LogP contribution in [-0.4, -0.2) is 47.7 Å². The molecule has 0 spiro atoms. The molecule has 0 bridgehead atoms. The first-order valence-electron chi connectivity index (χ1n) is 14.6. The number of nitrogens with zero attached hydrogens (tertiary/aromatic N) is 3. The van der Waals surface area contributed by atoms with Crippen LogP contribution in [0.1, 0.15) is 30.2 Å². The number of rotatable bonds is 9. The molecule has 1 saturated heterocycles. The first-order valence-corrected chi connectivity index (χ1v) is 17.0. The zero-order chi connectivity index (χ0) is 31.8. The van der Waals surface area contributed by atoms with Gasteiger partial charge in [-0.1, -0.05) is 51.2 Å².